The molecule has 1 aromatic carbocycles. The summed E-state index contributed by atoms with van der Waals surface area (Å²) in [6.07, 6.45) is 12.7. The van der Waals surface area contributed by atoms with Crippen LogP contribution in [0.25, 0.3) is 0 Å². The largest absolute Gasteiger partial charge is 0.348 e. The molecule has 1 aliphatic carbocycles. The molecule has 0 fully saturated rings. The summed E-state index contributed by atoms with van der Waals surface area (Å²) in [6.45, 7) is 2.03. The van der Waals surface area contributed by atoms with E-state index in [1.807, 2.05) is 44.0 Å². The lowest BCUT2D eigenvalue weighted by Crippen LogP contribution is -2.33. The van der Waals surface area contributed by atoms with Gasteiger partial charge in [0.25, 0.3) is 5.91 Å². The molecule has 1 atom stereocenters. The molecule has 1 amide bonds. The maximum absolute atomic E-state index is 12.7. The van der Waals surface area contributed by atoms with Gasteiger partial charge < -0.3 is 9.88 Å². The van der Waals surface area contributed by atoms with Gasteiger partial charge in [0.05, 0.1) is 33.7 Å². The number of carbonyl (C=O) groups is 1. The molecule has 1 unspecified atom stereocenters. The predicted octanol–water partition coefficient (Wildman–Crippen LogP) is 5.57. The average Bonchev–Trinajstić information content (AvgIpc) is 3.34. The first kappa shape index (κ1) is 26.4. The first-order valence-electron chi connectivity index (χ1n) is 12.8. The molecular formula is C29H30Cl2N6O. The van der Waals surface area contributed by atoms with Gasteiger partial charge in [-0.15, -0.1) is 0 Å². The van der Waals surface area contributed by atoms with Crippen molar-refractivity contribution in [2.24, 2.45) is 7.05 Å². The average molecular weight is 550 g/mol. The van der Waals surface area contributed by atoms with Crippen LogP contribution in [-0.2, 0) is 33.0 Å². The summed E-state index contributed by atoms with van der Waals surface area (Å²) < 4.78 is 2.08. The summed E-state index contributed by atoms with van der Waals surface area (Å²) >= 11 is 12.3. The lowest BCUT2D eigenvalue weighted by atomic mass is 9.90. The van der Waals surface area contributed by atoms with Gasteiger partial charge in [-0.05, 0) is 42.0 Å². The van der Waals surface area contributed by atoms with E-state index in [1.54, 1.807) is 0 Å². The molecule has 0 saturated carbocycles. The fourth-order valence-corrected chi connectivity index (χ4v) is 5.68. The highest BCUT2D eigenvalue weighted by molar-refractivity contribution is 6.39. The van der Waals surface area contributed by atoms with Crippen molar-refractivity contribution in [3.8, 4) is 0 Å². The normalized spacial score (nSPS) is 14.9. The van der Waals surface area contributed by atoms with Crippen molar-refractivity contribution in [2.45, 2.75) is 44.8 Å². The molecule has 0 aliphatic heterocycles. The number of aryl methyl sites for hydroxylation is 2. The van der Waals surface area contributed by atoms with Crippen LogP contribution >= 0.6 is 23.2 Å². The van der Waals surface area contributed by atoms with Crippen molar-refractivity contribution >= 4 is 29.1 Å². The van der Waals surface area contributed by atoms with Crippen LogP contribution in [0.4, 0.5) is 0 Å². The van der Waals surface area contributed by atoms with Crippen LogP contribution in [0, 0.1) is 0 Å². The number of imidazole rings is 1. The lowest BCUT2D eigenvalue weighted by molar-refractivity contribution is 0.0951. The van der Waals surface area contributed by atoms with Gasteiger partial charge in [-0.25, -0.2) is 4.98 Å². The van der Waals surface area contributed by atoms with Crippen LogP contribution in [0.2, 0.25) is 10.0 Å². The number of nitrogens with one attached hydrogen (secondary N) is 1. The van der Waals surface area contributed by atoms with Crippen molar-refractivity contribution in [1.82, 2.24) is 29.7 Å². The Bertz CT molecular complexity index is 1400. The van der Waals surface area contributed by atoms with E-state index in [2.05, 4.69) is 43.0 Å². The molecule has 1 N–H and O–H groups in total. The van der Waals surface area contributed by atoms with E-state index < -0.39 is 0 Å². The smallest absolute Gasteiger partial charge is 0.254 e. The van der Waals surface area contributed by atoms with E-state index in [0.717, 1.165) is 44.3 Å². The number of fused-ring (bicyclic) bond motifs is 1. The zero-order chi connectivity index (χ0) is 26.5. The van der Waals surface area contributed by atoms with Crippen molar-refractivity contribution < 1.29 is 4.79 Å². The maximum Gasteiger partial charge on any atom is 0.254 e. The van der Waals surface area contributed by atoms with Gasteiger partial charge in [0.2, 0.25) is 0 Å². The van der Waals surface area contributed by atoms with Gasteiger partial charge in [-0.2, -0.15) is 0 Å². The second-order valence-corrected chi connectivity index (χ2v) is 10.5. The van der Waals surface area contributed by atoms with Crippen molar-refractivity contribution in [3.63, 3.8) is 0 Å². The zero-order valence-electron chi connectivity index (χ0n) is 21.3. The van der Waals surface area contributed by atoms with Gasteiger partial charge in [-0.3, -0.25) is 19.7 Å². The van der Waals surface area contributed by atoms with Gasteiger partial charge in [-0.1, -0.05) is 53.5 Å². The summed E-state index contributed by atoms with van der Waals surface area (Å²) in [5.41, 5.74) is 6.18. The Morgan fingerprint density at radius 2 is 1.92 bits per heavy atom. The van der Waals surface area contributed by atoms with Gasteiger partial charge in [0.1, 0.15) is 0 Å². The standard InChI is InChI=1S/C29H30Cl2N6O/c1-36-19-33-15-23(36)10-12-37(26-9-3-7-22-8-4-11-34-28(22)26)18-21-6-2-5-20(13-21)14-35-29(38)27-24(30)16-32-17-25(27)31/h2,4-6,8,11,13,15-17,19,26H,3,7,9-10,12,14,18H2,1H3,(H,35,38). The van der Waals surface area contributed by atoms with Crippen LogP contribution in [0.3, 0.4) is 0 Å². The number of aromatic nitrogens is 4. The number of amides is 1. The molecule has 0 saturated heterocycles. The van der Waals surface area contributed by atoms with E-state index in [1.165, 1.54) is 34.9 Å². The van der Waals surface area contributed by atoms with Crippen LogP contribution in [0.5, 0.6) is 0 Å². The molecule has 196 valence electrons. The first-order valence-corrected chi connectivity index (χ1v) is 13.5. The van der Waals surface area contributed by atoms with E-state index >= 15 is 0 Å². The topological polar surface area (TPSA) is 75.9 Å². The second-order valence-electron chi connectivity index (χ2n) is 9.65. The van der Waals surface area contributed by atoms with Crippen molar-refractivity contribution in [1.29, 1.82) is 0 Å². The third-order valence-corrected chi connectivity index (χ3v) is 7.66. The number of pyridine rings is 2. The van der Waals surface area contributed by atoms with Crippen LogP contribution in [0.15, 0.2) is 67.5 Å². The molecule has 9 heteroatoms. The van der Waals surface area contributed by atoms with Gasteiger partial charge in [0.15, 0.2) is 0 Å². The van der Waals surface area contributed by atoms with Crippen molar-refractivity contribution in [3.05, 3.63) is 111 Å². The number of rotatable bonds is 9. The second kappa shape index (κ2) is 12.1. The fraction of sp³-hybridized carbons (Fsp3) is 0.310. The minimum atomic E-state index is -0.324. The van der Waals surface area contributed by atoms with Gasteiger partial charge >= 0.3 is 0 Å². The molecule has 1 aliphatic rings. The molecular weight excluding hydrogens is 519 g/mol. The third kappa shape index (κ3) is 6.07. The Hall–Kier alpha value is -3.26. The summed E-state index contributed by atoms with van der Waals surface area (Å²) in [7, 11) is 2.04. The van der Waals surface area contributed by atoms with Crippen molar-refractivity contribution in [2.75, 3.05) is 6.54 Å². The summed E-state index contributed by atoms with van der Waals surface area (Å²) in [6, 6.07) is 12.8. The summed E-state index contributed by atoms with van der Waals surface area (Å²) in [5.74, 6) is -0.324. The van der Waals surface area contributed by atoms with E-state index in [-0.39, 0.29) is 27.6 Å². The van der Waals surface area contributed by atoms with Gasteiger partial charge in [0, 0.05) is 63.6 Å². The number of nitrogens with zero attached hydrogens (tertiary/aromatic N) is 5. The predicted molar refractivity (Wildman–Crippen MR) is 149 cm³/mol. The fourth-order valence-electron chi connectivity index (χ4n) is 5.14. The Balaban J connectivity index is 1.33. The highest BCUT2D eigenvalue weighted by Gasteiger charge is 2.27. The SMILES string of the molecule is Cn1cncc1CCN(Cc1cccc(CNC(=O)c2c(Cl)cncc2Cl)c1)C1CCCc2cccnc21. The third-order valence-electron chi connectivity index (χ3n) is 7.09. The van der Waals surface area contributed by atoms with E-state index in [9.17, 15) is 4.79 Å². The summed E-state index contributed by atoms with van der Waals surface area (Å²) in [5, 5.41) is 3.40. The molecule has 5 rings (SSSR count). The molecule has 4 aromatic rings. The highest BCUT2D eigenvalue weighted by atomic mass is 35.5. The molecule has 0 radical (unpaired) electrons. The molecule has 3 heterocycles. The number of carbonyl (C=O) groups excluding carboxylic acids is 1. The Labute approximate surface area is 232 Å². The molecule has 0 spiro atoms. The monoisotopic (exact) mass is 548 g/mol. The number of halogens is 2. The zero-order valence-corrected chi connectivity index (χ0v) is 22.8. The summed E-state index contributed by atoms with van der Waals surface area (Å²) in [4.78, 5) is 28.3. The number of hydrogen-bond donors (Lipinski definition) is 1. The maximum atomic E-state index is 12.7. The first-order chi connectivity index (χ1) is 18.5. The minimum absolute atomic E-state index is 0.231. The van der Waals surface area contributed by atoms with Crippen LogP contribution in [-0.4, -0.2) is 36.9 Å². The molecule has 0 bridgehead atoms. The molecule has 7 nitrogen and oxygen atoms in total. The van der Waals surface area contributed by atoms with Crippen LogP contribution < -0.4 is 5.32 Å². The van der Waals surface area contributed by atoms with Crippen LogP contribution in [0.1, 0.15) is 57.3 Å². The molecule has 38 heavy (non-hydrogen) atoms. The Kier molecular flexibility index (Phi) is 8.37. The molecule has 3 aromatic heterocycles. The van der Waals surface area contributed by atoms with E-state index in [0.29, 0.717) is 6.54 Å². The quantitative estimate of drug-likeness (QED) is 0.296. The minimum Gasteiger partial charge on any atom is -0.348 e. The number of benzene rings is 1. The highest BCUT2D eigenvalue weighted by Crippen LogP contribution is 2.34. The lowest BCUT2D eigenvalue weighted by Gasteiger charge is -2.35. The van der Waals surface area contributed by atoms with E-state index in [4.69, 9.17) is 28.2 Å². The Morgan fingerprint density at radius 3 is 2.71 bits per heavy atom. The number of hydrogen-bond acceptors (Lipinski definition) is 5. The Morgan fingerprint density at radius 1 is 1.11 bits per heavy atom.